The summed E-state index contributed by atoms with van der Waals surface area (Å²) < 4.78 is 5.56. The van der Waals surface area contributed by atoms with Crippen LogP contribution in [0.5, 0.6) is 0 Å². The molecule has 1 N–H and O–H groups in total. The first kappa shape index (κ1) is 13.0. The summed E-state index contributed by atoms with van der Waals surface area (Å²) in [4.78, 5) is 16.2. The van der Waals surface area contributed by atoms with Gasteiger partial charge in [-0.2, -0.15) is 5.10 Å². The van der Waals surface area contributed by atoms with Crippen LogP contribution < -0.4 is 0 Å². The number of H-pyrrole nitrogens is 1. The second-order valence-corrected chi connectivity index (χ2v) is 4.94. The highest BCUT2D eigenvalue weighted by Crippen LogP contribution is 2.11. The molecule has 6 nitrogen and oxygen atoms in total. The number of aromatic nitrogens is 2. The van der Waals surface area contributed by atoms with Crippen molar-refractivity contribution in [2.75, 3.05) is 46.9 Å². The van der Waals surface area contributed by atoms with Crippen molar-refractivity contribution in [1.29, 1.82) is 0 Å². The molecule has 1 aromatic heterocycles. The van der Waals surface area contributed by atoms with E-state index < -0.39 is 0 Å². The molecule has 1 atom stereocenters. The Morgan fingerprint density at radius 3 is 3.17 bits per heavy atom. The lowest BCUT2D eigenvalue weighted by Gasteiger charge is -2.25. The van der Waals surface area contributed by atoms with Gasteiger partial charge in [-0.3, -0.25) is 9.89 Å². The number of nitrogens with one attached hydrogen (secondary N) is 1. The minimum absolute atomic E-state index is 0.0259. The van der Waals surface area contributed by atoms with Gasteiger partial charge in [-0.1, -0.05) is 0 Å². The molecule has 0 unspecified atom stereocenters. The van der Waals surface area contributed by atoms with Crippen LogP contribution in [0.4, 0.5) is 0 Å². The van der Waals surface area contributed by atoms with E-state index >= 15 is 0 Å². The van der Waals surface area contributed by atoms with Crippen LogP contribution in [0.2, 0.25) is 0 Å². The molecule has 6 heteroatoms. The predicted molar refractivity (Wildman–Crippen MR) is 67.4 cm³/mol. The topological polar surface area (TPSA) is 61.5 Å². The minimum atomic E-state index is 0.0259. The summed E-state index contributed by atoms with van der Waals surface area (Å²) >= 11 is 0. The molecule has 1 amide bonds. The number of ether oxygens (including phenoxy) is 1. The summed E-state index contributed by atoms with van der Waals surface area (Å²) in [6.45, 7) is 3.63. The van der Waals surface area contributed by atoms with Crippen molar-refractivity contribution in [2.24, 2.45) is 5.92 Å². The highest BCUT2D eigenvalue weighted by atomic mass is 16.5. The zero-order chi connectivity index (χ0) is 13.0. The zero-order valence-corrected chi connectivity index (χ0v) is 10.9. The molecule has 100 valence electrons. The Balaban J connectivity index is 2.00. The Morgan fingerprint density at radius 2 is 2.50 bits per heavy atom. The Labute approximate surface area is 107 Å². The number of amides is 1. The van der Waals surface area contributed by atoms with E-state index in [1.165, 1.54) is 0 Å². The number of rotatable bonds is 3. The Hall–Kier alpha value is -1.40. The molecule has 1 fully saturated rings. The predicted octanol–water partition coefficient (Wildman–Crippen LogP) is 0.0599. The Morgan fingerprint density at radius 1 is 1.67 bits per heavy atom. The third-order valence-corrected chi connectivity index (χ3v) is 2.99. The number of hydrogen-bond donors (Lipinski definition) is 1. The molecule has 0 aliphatic carbocycles. The number of carbonyl (C=O) groups is 1. The third-order valence-electron chi connectivity index (χ3n) is 2.99. The molecule has 0 spiro atoms. The van der Waals surface area contributed by atoms with E-state index in [2.05, 4.69) is 15.1 Å². The van der Waals surface area contributed by atoms with Gasteiger partial charge in [-0.05, 0) is 14.1 Å². The fourth-order valence-corrected chi connectivity index (χ4v) is 2.24. The van der Waals surface area contributed by atoms with Gasteiger partial charge in [0.2, 0.25) is 0 Å². The van der Waals surface area contributed by atoms with Crippen LogP contribution in [0.1, 0.15) is 10.4 Å². The molecule has 2 heterocycles. The molecule has 18 heavy (non-hydrogen) atoms. The molecular formula is C12H20N4O2. The van der Waals surface area contributed by atoms with Gasteiger partial charge in [-0.25, -0.2) is 0 Å². The van der Waals surface area contributed by atoms with Gasteiger partial charge in [0.15, 0.2) is 0 Å². The van der Waals surface area contributed by atoms with Crippen LogP contribution >= 0.6 is 0 Å². The van der Waals surface area contributed by atoms with Crippen LogP contribution in [-0.2, 0) is 4.74 Å². The van der Waals surface area contributed by atoms with Crippen molar-refractivity contribution in [3.8, 4) is 0 Å². The quantitative estimate of drug-likeness (QED) is 0.826. The van der Waals surface area contributed by atoms with Crippen LogP contribution in [0.15, 0.2) is 12.4 Å². The average molecular weight is 252 g/mol. The van der Waals surface area contributed by atoms with E-state index in [0.29, 0.717) is 31.2 Å². The first-order valence-corrected chi connectivity index (χ1v) is 6.17. The van der Waals surface area contributed by atoms with Crippen molar-refractivity contribution in [3.63, 3.8) is 0 Å². The van der Waals surface area contributed by atoms with Crippen molar-refractivity contribution >= 4 is 5.91 Å². The normalized spacial score (nSPS) is 21.1. The van der Waals surface area contributed by atoms with Crippen LogP contribution in [0.3, 0.4) is 0 Å². The van der Waals surface area contributed by atoms with Crippen molar-refractivity contribution in [3.05, 3.63) is 18.0 Å². The fourth-order valence-electron chi connectivity index (χ4n) is 2.24. The summed E-state index contributed by atoms with van der Waals surface area (Å²) in [6.07, 6.45) is 3.20. The highest BCUT2D eigenvalue weighted by molar-refractivity contribution is 5.93. The molecule has 0 saturated carbocycles. The van der Waals surface area contributed by atoms with Gasteiger partial charge in [-0.15, -0.1) is 0 Å². The zero-order valence-electron chi connectivity index (χ0n) is 10.9. The largest absolute Gasteiger partial charge is 0.379 e. The molecule has 1 saturated heterocycles. The second-order valence-electron chi connectivity index (χ2n) is 4.94. The highest BCUT2D eigenvalue weighted by Gasteiger charge is 2.24. The SMILES string of the molecule is CN(C)C[C@@H]1COCCN(C(=O)c2cn[nH]c2)C1. The lowest BCUT2D eigenvalue weighted by atomic mass is 10.1. The van der Waals surface area contributed by atoms with Crippen LogP contribution in [-0.4, -0.2) is 72.8 Å². The van der Waals surface area contributed by atoms with Crippen LogP contribution in [0, 0.1) is 5.92 Å². The molecule has 0 bridgehead atoms. The third kappa shape index (κ3) is 3.30. The van der Waals surface area contributed by atoms with Crippen molar-refractivity contribution in [1.82, 2.24) is 20.0 Å². The van der Waals surface area contributed by atoms with E-state index in [-0.39, 0.29) is 5.91 Å². The molecule has 1 aromatic rings. The molecule has 1 aliphatic rings. The minimum Gasteiger partial charge on any atom is -0.379 e. The second kappa shape index (κ2) is 5.97. The smallest absolute Gasteiger partial charge is 0.257 e. The monoisotopic (exact) mass is 252 g/mol. The van der Waals surface area contributed by atoms with Gasteiger partial charge < -0.3 is 14.5 Å². The average Bonchev–Trinajstić information content (AvgIpc) is 2.75. The van der Waals surface area contributed by atoms with Gasteiger partial charge in [0.05, 0.1) is 25.0 Å². The maximum Gasteiger partial charge on any atom is 0.257 e. The van der Waals surface area contributed by atoms with E-state index in [4.69, 9.17) is 4.74 Å². The summed E-state index contributed by atoms with van der Waals surface area (Å²) in [7, 11) is 4.07. The number of carbonyl (C=O) groups excluding carboxylic acids is 1. The lowest BCUT2D eigenvalue weighted by Crippen LogP contribution is -2.38. The van der Waals surface area contributed by atoms with E-state index in [1.54, 1.807) is 12.4 Å². The van der Waals surface area contributed by atoms with E-state index in [9.17, 15) is 4.79 Å². The van der Waals surface area contributed by atoms with Crippen molar-refractivity contribution in [2.45, 2.75) is 0 Å². The van der Waals surface area contributed by atoms with Crippen LogP contribution in [0.25, 0.3) is 0 Å². The molecule has 0 radical (unpaired) electrons. The standard InChI is InChI=1S/C12H20N4O2/c1-15(2)7-10-8-16(3-4-18-9-10)12(17)11-5-13-14-6-11/h5-6,10H,3-4,7-9H2,1-2H3,(H,13,14)/t10-/m0/s1. The number of aromatic amines is 1. The first-order valence-electron chi connectivity index (χ1n) is 6.17. The van der Waals surface area contributed by atoms with Gasteiger partial charge in [0, 0.05) is 31.7 Å². The first-order chi connectivity index (χ1) is 8.66. The summed E-state index contributed by atoms with van der Waals surface area (Å²) in [6, 6.07) is 0. The van der Waals surface area contributed by atoms with E-state index in [0.717, 1.165) is 13.1 Å². The summed E-state index contributed by atoms with van der Waals surface area (Å²) in [5, 5.41) is 6.49. The molecule has 1 aliphatic heterocycles. The Bertz CT molecular complexity index is 377. The summed E-state index contributed by atoms with van der Waals surface area (Å²) in [5.41, 5.74) is 0.612. The van der Waals surface area contributed by atoms with E-state index in [1.807, 2.05) is 19.0 Å². The summed E-state index contributed by atoms with van der Waals surface area (Å²) in [5.74, 6) is 0.386. The van der Waals surface area contributed by atoms with Gasteiger partial charge >= 0.3 is 0 Å². The number of nitrogens with zero attached hydrogens (tertiary/aromatic N) is 3. The molecule has 2 rings (SSSR count). The molecular weight excluding hydrogens is 232 g/mol. The van der Waals surface area contributed by atoms with Gasteiger partial charge in [0.25, 0.3) is 5.91 Å². The maximum atomic E-state index is 12.2. The Kier molecular flexibility index (Phi) is 4.33. The number of hydrogen-bond acceptors (Lipinski definition) is 4. The van der Waals surface area contributed by atoms with Gasteiger partial charge in [0.1, 0.15) is 0 Å². The lowest BCUT2D eigenvalue weighted by molar-refractivity contribution is 0.0735. The van der Waals surface area contributed by atoms with Crippen molar-refractivity contribution < 1.29 is 9.53 Å². The fraction of sp³-hybridized carbons (Fsp3) is 0.667. The molecule has 0 aromatic carbocycles. The maximum absolute atomic E-state index is 12.2.